The molecule has 3 nitrogen and oxygen atoms in total. The topological polar surface area (TPSA) is 27.1 Å². The molecule has 10 heavy (non-hydrogen) atoms. The summed E-state index contributed by atoms with van der Waals surface area (Å²) in [5.41, 5.74) is 0.0405. The van der Waals surface area contributed by atoms with E-state index in [0.717, 1.165) is 12.5 Å². The number of aromatic nitrogens is 2. The van der Waals surface area contributed by atoms with Crippen LogP contribution in [0, 0.1) is 0 Å². The fraction of sp³-hybridized carbons (Fsp3) is 0.571. The third-order valence-electron chi connectivity index (χ3n) is 1.75. The van der Waals surface area contributed by atoms with Crippen LogP contribution in [0.3, 0.4) is 0 Å². The van der Waals surface area contributed by atoms with Crippen molar-refractivity contribution in [2.45, 2.75) is 19.4 Å². The van der Waals surface area contributed by atoms with Gasteiger partial charge in [-0.3, -0.25) is 0 Å². The summed E-state index contributed by atoms with van der Waals surface area (Å²) in [6.45, 7) is 4.95. The van der Waals surface area contributed by atoms with Crippen molar-refractivity contribution in [3.63, 3.8) is 0 Å². The Morgan fingerprint density at radius 1 is 1.70 bits per heavy atom. The Hall–Kier alpha value is -0.990. The first-order valence-corrected chi connectivity index (χ1v) is 3.37. The second-order valence-electron chi connectivity index (χ2n) is 3.18. The van der Waals surface area contributed by atoms with Crippen LogP contribution in [0.15, 0.2) is 12.3 Å². The molecule has 2 rings (SSSR count). The van der Waals surface area contributed by atoms with Gasteiger partial charge in [0, 0.05) is 6.07 Å². The predicted molar refractivity (Wildman–Crippen MR) is 37.0 cm³/mol. The van der Waals surface area contributed by atoms with E-state index in [4.69, 9.17) is 4.74 Å². The van der Waals surface area contributed by atoms with Gasteiger partial charge in [0.1, 0.15) is 6.61 Å². The van der Waals surface area contributed by atoms with Crippen molar-refractivity contribution < 1.29 is 4.74 Å². The Morgan fingerprint density at radius 2 is 2.50 bits per heavy atom. The second-order valence-corrected chi connectivity index (χ2v) is 3.18. The molecule has 0 fully saturated rings. The lowest BCUT2D eigenvalue weighted by Gasteiger charge is -2.14. The monoisotopic (exact) mass is 138 g/mol. The maximum absolute atomic E-state index is 5.35. The minimum Gasteiger partial charge on any atom is -0.475 e. The molecule has 0 spiro atoms. The van der Waals surface area contributed by atoms with Crippen LogP contribution < -0.4 is 4.74 Å². The van der Waals surface area contributed by atoms with Crippen molar-refractivity contribution in [2.24, 2.45) is 0 Å². The van der Waals surface area contributed by atoms with Gasteiger partial charge in [-0.1, -0.05) is 0 Å². The highest BCUT2D eigenvalue weighted by Gasteiger charge is 2.31. The molecule has 2 heterocycles. The molecule has 0 atom stereocenters. The third kappa shape index (κ3) is 0.574. The molecule has 0 amide bonds. The molecule has 0 aliphatic carbocycles. The summed E-state index contributed by atoms with van der Waals surface area (Å²) in [4.78, 5) is 0. The summed E-state index contributed by atoms with van der Waals surface area (Å²) in [5, 5.41) is 4.14. The maximum atomic E-state index is 5.35. The molecule has 3 heteroatoms. The molecular formula is C7H10N2O. The number of fused-ring (bicyclic) bond motifs is 1. The van der Waals surface area contributed by atoms with Gasteiger partial charge in [0.2, 0.25) is 5.88 Å². The van der Waals surface area contributed by atoms with Gasteiger partial charge in [-0.15, -0.1) is 0 Å². The van der Waals surface area contributed by atoms with Crippen molar-refractivity contribution in [1.82, 2.24) is 9.78 Å². The number of hydrogen-bond donors (Lipinski definition) is 0. The fourth-order valence-corrected chi connectivity index (χ4v) is 1.17. The van der Waals surface area contributed by atoms with Crippen LogP contribution >= 0.6 is 0 Å². The number of ether oxygens (including phenoxy) is 1. The molecule has 1 aromatic heterocycles. The molecule has 1 aromatic rings. The third-order valence-corrected chi connectivity index (χ3v) is 1.75. The first kappa shape index (κ1) is 5.77. The van der Waals surface area contributed by atoms with Crippen LogP contribution in [0.1, 0.15) is 13.8 Å². The summed E-state index contributed by atoms with van der Waals surface area (Å²) in [5.74, 6) is 0.880. The Bertz CT molecular complexity index is 252. The van der Waals surface area contributed by atoms with E-state index in [9.17, 15) is 0 Å². The highest BCUT2D eigenvalue weighted by molar-refractivity contribution is 5.14. The van der Waals surface area contributed by atoms with Crippen LogP contribution in [0.5, 0.6) is 5.88 Å². The van der Waals surface area contributed by atoms with E-state index in [1.165, 1.54) is 0 Å². The van der Waals surface area contributed by atoms with E-state index in [0.29, 0.717) is 0 Å². The van der Waals surface area contributed by atoms with Gasteiger partial charge < -0.3 is 4.74 Å². The van der Waals surface area contributed by atoms with Crippen molar-refractivity contribution in [1.29, 1.82) is 0 Å². The molecular weight excluding hydrogens is 128 g/mol. The summed E-state index contributed by atoms with van der Waals surface area (Å²) >= 11 is 0. The van der Waals surface area contributed by atoms with E-state index < -0.39 is 0 Å². The summed E-state index contributed by atoms with van der Waals surface area (Å²) in [6.07, 6.45) is 1.76. The zero-order valence-corrected chi connectivity index (χ0v) is 6.16. The standard InChI is InChI=1S/C7H10N2O/c1-7(2)5-10-6-3-4-8-9(6)7/h3-4H,5H2,1-2H3. The largest absolute Gasteiger partial charge is 0.475 e. The van der Waals surface area contributed by atoms with E-state index in [1.54, 1.807) is 6.20 Å². The lowest BCUT2D eigenvalue weighted by atomic mass is 10.1. The highest BCUT2D eigenvalue weighted by Crippen LogP contribution is 2.28. The van der Waals surface area contributed by atoms with Crippen LogP contribution in [0.4, 0.5) is 0 Å². The Balaban J connectivity index is 2.54. The first-order chi connectivity index (χ1) is 4.70. The number of rotatable bonds is 0. The van der Waals surface area contributed by atoms with Crippen LogP contribution in [-0.2, 0) is 5.54 Å². The average Bonchev–Trinajstić information content (AvgIpc) is 2.36. The maximum Gasteiger partial charge on any atom is 0.212 e. The van der Waals surface area contributed by atoms with Crippen LogP contribution in [0.25, 0.3) is 0 Å². The zero-order valence-electron chi connectivity index (χ0n) is 6.16. The van der Waals surface area contributed by atoms with Crippen molar-refractivity contribution in [2.75, 3.05) is 6.61 Å². The summed E-state index contributed by atoms with van der Waals surface area (Å²) in [7, 11) is 0. The molecule has 0 N–H and O–H groups in total. The van der Waals surface area contributed by atoms with Gasteiger partial charge in [0.15, 0.2) is 0 Å². The molecule has 0 aromatic carbocycles. The molecule has 1 aliphatic heterocycles. The molecule has 0 radical (unpaired) electrons. The molecule has 0 unspecified atom stereocenters. The number of hydrogen-bond acceptors (Lipinski definition) is 2. The van der Waals surface area contributed by atoms with Gasteiger partial charge in [0.25, 0.3) is 0 Å². The molecule has 54 valence electrons. The van der Waals surface area contributed by atoms with Gasteiger partial charge in [-0.25, -0.2) is 4.68 Å². The average molecular weight is 138 g/mol. The van der Waals surface area contributed by atoms with Gasteiger partial charge >= 0.3 is 0 Å². The highest BCUT2D eigenvalue weighted by atomic mass is 16.5. The first-order valence-electron chi connectivity index (χ1n) is 3.37. The van der Waals surface area contributed by atoms with Crippen molar-refractivity contribution >= 4 is 0 Å². The van der Waals surface area contributed by atoms with Crippen molar-refractivity contribution in [3.8, 4) is 5.88 Å². The smallest absolute Gasteiger partial charge is 0.212 e. The normalized spacial score (nSPS) is 20.2. The van der Waals surface area contributed by atoms with E-state index >= 15 is 0 Å². The molecule has 1 aliphatic rings. The summed E-state index contributed by atoms with van der Waals surface area (Å²) < 4.78 is 7.26. The number of nitrogens with zero attached hydrogens (tertiary/aromatic N) is 2. The quantitative estimate of drug-likeness (QED) is 0.535. The minimum atomic E-state index is 0.0405. The second kappa shape index (κ2) is 1.54. The lowest BCUT2D eigenvalue weighted by molar-refractivity contribution is 0.262. The predicted octanol–water partition coefficient (Wildman–Crippen LogP) is 1.01. The SMILES string of the molecule is CC1(C)COc2ccnn21. The van der Waals surface area contributed by atoms with E-state index in [-0.39, 0.29) is 5.54 Å². The Morgan fingerprint density at radius 3 is 3.20 bits per heavy atom. The van der Waals surface area contributed by atoms with Gasteiger partial charge in [-0.2, -0.15) is 5.10 Å². The van der Waals surface area contributed by atoms with Crippen LogP contribution in [0.2, 0.25) is 0 Å². The molecule has 0 bridgehead atoms. The molecule has 0 saturated heterocycles. The Kier molecular flexibility index (Phi) is 0.886. The summed E-state index contributed by atoms with van der Waals surface area (Å²) in [6, 6.07) is 1.88. The fourth-order valence-electron chi connectivity index (χ4n) is 1.17. The molecule has 0 saturated carbocycles. The van der Waals surface area contributed by atoms with Crippen LogP contribution in [-0.4, -0.2) is 16.4 Å². The minimum absolute atomic E-state index is 0.0405. The zero-order chi connectivity index (χ0) is 7.19. The van der Waals surface area contributed by atoms with E-state index in [2.05, 4.69) is 18.9 Å². The lowest BCUT2D eigenvalue weighted by Crippen LogP contribution is -2.26. The van der Waals surface area contributed by atoms with Crippen molar-refractivity contribution in [3.05, 3.63) is 12.3 Å². The van der Waals surface area contributed by atoms with E-state index in [1.807, 2.05) is 10.7 Å². The Labute approximate surface area is 59.6 Å². The van der Waals surface area contributed by atoms with Gasteiger partial charge in [-0.05, 0) is 13.8 Å². The van der Waals surface area contributed by atoms with Gasteiger partial charge in [0.05, 0.1) is 11.7 Å².